The molecular formula is C35H48N4O2. The van der Waals surface area contributed by atoms with Gasteiger partial charge in [-0.1, -0.05) is 68.7 Å². The molecule has 1 saturated carbocycles. The first-order chi connectivity index (χ1) is 19.9. The van der Waals surface area contributed by atoms with Crippen molar-refractivity contribution in [1.29, 1.82) is 0 Å². The predicted octanol–water partition coefficient (Wildman–Crippen LogP) is 6.02. The van der Waals surface area contributed by atoms with Crippen LogP contribution in [0.5, 0.6) is 0 Å². The summed E-state index contributed by atoms with van der Waals surface area (Å²) in [6.45, 7) is 5.46. The second kappa shape index (κ2) is 13.2. The lowest BCUT2D eigenvalue weighted by Crippen LogP contribution is -2.51. The summed E-state index contributed by atoms with van der Waals surface area (Å²) in [5.74, 6) is 0.720. The zero-order valence-corrected chi connectivity index (χ0v) is 25.2. The number of hydrogen-bond donors (Lipinski definition) is 2. The van der Waals surface area contributed by atoms with Crippen LogP contribution in [-0.2, 0) is 21.4 Å². The average Bonchev–Trinajstić information content (AvgIpc) is 3.60. The quantitative estimate of drug-likeness (QED) is 0.350. The molecule has 2 aliphatic carbocycles. The molecule has 2 atom stereocenters. The van der Waals surface area contributed by atoms with Crippen LogP contribution in [-0.4, -0.2) is 66.9 Å². The smallest absolute Gasteiger partial charge is 0.223 e. The van der Waals surface area contributed by atoms with Crippen molar-refractivity contribution in [2.45, 2.75) is 82.1 Å². The summed E-state index contributed by atoms with van der Waals surface area (Å²) in [5.41, 5.74) is 6.04. The molecule has 1 spiro atoms. The second-order valence-electron chi connectivity index (χ2n) is 12.8. The lowest BCUT2D eigenvalue weighted by atomic mass is 9.73. The van der Waals surface area contributed by atoms with E-state index in [2.05, 4.69) is 76.9 Å². The molecule has 0 radical (unpaired) electrons. The van der Waals surface area contributed by atoms with Crippen molar-refractivity contribution in [2.24, 2.45) is 5.92 Å². The van der Waals surface area contributed by atoms with Crippen molar-refractivity contribution in [3.05, 3.63) is 71.4 Å². The van der Waals surface area contributed by atoms with Gasteiger partial charge in [0.1, 0.15) is 0 Å². The highest BCUT2D eigenvalue weighted by Crippen LogP contribution is 2.46. The minimum Gasteiger partial charge on any atom is -0.361 e. The molecule has 0 bridgehead atoms. The molecule has 2 N–H and O–H groups in total. The average molecular weight is 557 g/mol. The molecule has 6 nitrogen and oxygen atoms in total. The van der Waals surface area contributed by atoms with Crippen LogP contribution in [0.3, 0.4) is 0 Å². The van der Waals surface area contributed by atoms with Crippen LogP contribution in [0.15, 0.2) is 54.7 Å². The minimum absolute atomic E-state index is 0.114. The third-order valence-electron chi connectivity index (χ3n) is 9.96. The van der Waals surface area contributed by atoms with Crippen LogP contribution in [0, 0.1) is 5.92 Å². The van der Waals surface area contributed by atoms with Crippen LogP contribution < -0.4 is 5.32 Å². The molecular weight excluding hydrogens is 508 g/mol. The Morgan fingerprint density at radius 1 is 1.05 bits per heavy atom. The lowest BCUT2D eigenvalue weighted by Gasteiger charge is -2.42. The monoisotopic (exact) mass is 556 g/mol. The largest absolute Gasteiger partial charge is 0.361 e. The van der Waals surface area contributed by atoms with Gasteiger partial charge in [0.25, 0.3) is 0 Å². The van der Waals surface area contributed by atoms with Crippen molar-refractivity contribution < 1.29 is 9.59 Å². The SMILES string of the molecule is CN(C)C=O.C[C@H](c1c[nH]c2ccccc12)[C@H](CN1CCC2(CCc3ccccc32)CC1)NC(=O)C1CCCCC1. The highest BCUT2D eigenvalue weighted by molar-refractivity contribution is 5.84. The normalized spacial score (nSPS) is 20.1. The number of piperidine rings is 1. The number of aromatic nitrogens is 1. The van der Waals surface area contributed by atoms with Gasteiger partial charge in [-0.2, -0.15) is 0 Å². The zero-order chi connectivity index (χ0) is 28.8. The van der Waals surface area contributed by atoms with E-state index in [1.165, 1.54) is 66.3 Å². The van der Waals surface area contributed by atoms with Crippen LogP contribution in [0.2, 0.25) is 0 Å². The predicted molar refractivity (Wildman–Crippen MR) is 167 cm³/mol. The first-order valence-electron chi connectivity index (χ1n) is 15.7. The van der Waals surface area contributed by atoms with Gasteiger partial charge in [0.15, 0.2) is 0 Å². The number of fused-ring (bicyclic) bond motifs is 3. The number of amides is 2. The summed E-state index contributed by atoms with van der Waals surface area (Å²) < 4.78 is 0. The van der Waals surface area contributed by atoms with E-state index in [-0.39, 0.29) is 23.8 Å². The summed E-state index contributed by atoms with van der Waals surface area (Å²) in [7, 11) is 3.38. The summed E-state index contributed by atoms with van der Waals surface area (Å²) in [4.78, 5) is 30.4. The summed E-state index contributed by atoms with van der Waals surface area (Å²) in [6.07, 6.45) is 13.7. The minimum atomic E-state index is 0.114. The van der Waals surface area contributed by atoms with Gasteiger partial charge < -0.3 is 20.1 Å². The molecule has 41 heavy (non-hydrogen) atoms. The molecule has 2 fully saturated rings. The second-order valence-corrected chi connectivity index (χ2v) is 12.8. The maximum atomic E-state index is 13.4. The van der Waals surface area contributed by atoms with Crippen molar-refractivity contribution >= 4 is 23.2 Å². The fourth-order valence-corrected chi connectivity index (χ4v) is 7.41. The van der Waals surface area contributed by atoms with Crippen molar-refractivity contribution in [3.63, 3.8) is 0 Å². The van der Waals surface area contributed by atoms with Gasteiger partial charge in [0.2, 0.25) is 12.3 Å². The summed E-state index contributed by atoms with van der Waals surface area (Å²) >= 11 is 0. The number of hydrogen-bond acceptors (Lipinski definition) is 3. The number of carbonyl (C=O) groups excluding carboxylic acids is 2. The summed E-state index contributed by atoms with van der Waals surface area (Å²) in [6, 6.07) is 17.8. The van der Waals surface area contributed by atoms with Gasteiger partial charge in [0.05, 0.1) is 0 Å². The van der Waals surface area contributed by atoms with Gasteiger partial charge in [0, 0.05) is 55.6 Å². The molecule has 1 aromatic heterocycles. The fraction of sp³-hybridized carbons (Fsp3) is 0.543. The van der Waals surface area contributed by atoms with Crippen LogP contribution in [0.4, 0.5) is 0 Å². The number of nitrogens with zero attached hydrogens (tertiary/aromatic N) is 2. The number of nitrogens with one attached hydrogen (secondary N) is 2. The molecule has 6 rings (SSSR count). The zero-order valence-electron chi connectivity index (χ0n) is 25.2. The maximum absolute atomic E-state index is 13.4. The number of carbonyl (C=O) groups is 2. The highest BCUT2D eigenvalue weighted by Gasteiger charge is 2.41. The van der Waals surface area contributed by atoms with Gasteiger partial charge in [-0.05, 0) is 79.8 Å². The van der Waals surface area contributed by atoms with Gasteiger partial charge in [-0.3, -0.25) is 9.59 Å². The highest BCUT2D eigenvalue weighted by atomic mass is 16.2. The molecule has 1 aliphatic heterocycles. The van der Waals surface area contributed by atoms with Gasteiger partial charge >= 0.3 is 0 Å². The summed E-state index contributed by atoms with van der Waals surface area (Å²) in [5, 5.41) is 4.85. The van der Waals surface area contributed by atoms with Crippen LogP contribution >= 0.6 is 0 Å². The maximum Gasteiger partial charge on any atom is 0.223 e. The van der Waals surface area contributed by atoms with E-state index < -0.39 is 0 Å². The molecule has 2 amide bonds. The third kappa shape index (κ3) is 6.69. The first-order valence-corrected chi connectivity index (χ1v) is 15.7. The van der Waals surface area contributed by atoms with Crippen LogP contribution in [0.25, 0.3) is 10.9 Å². The molecule has 220 valence electrons. The Hall–Kier alpha value is -3.12. The number of para-hydroxylation sites is 1. The first kappa shape index (κ1) is 29.4. The Morgan fingerprint density at radius 2 is 1.73 bits per heavy atom. The molecule has 3 aromatic rings. The number of H-pyrrole nitrogens is 1. The Balaban J connectivity index is 0.000000623. The molecule has 2 heterocycles. The van der Waals surface area contributed by atoms with Crippen molar-refractivity contribution in [2.75, 3.05) is 33.7 Å². The molecule has 3 aliphatic rings. The van der Waals surface area contributed by atoms with E-state index in [1.54, 1.807) is 25.2 Å². The topological polar surface area (TPSA) is 68.4 Å². The van der Waals surface area contributed by atoms with E-state index in [0.29, 0.717) is 5.41 Å². The van der Waals surface area contributed by atoms with E-state index >= 15 is 0 Å². The number of rotatable bonds is 7. The van der Waals surface area contributed by atoms with Crippen LogP contribution in [0.1, 0.15) is 80.9 Å². The van der Waals surface area contributed by atoms with E-state index in [9.17, 15) is 9.59 Å². The van der Waals surface area contributed by atoms with Gasteiger partial charge in [-0.15, -0.1) is 0 Å². The van der Waals surface area contributed by atoms with E-state index in [0.717, 1.165) is 38.9 Å². The van der Waals surface area contributed by atoms with E-state index in [4.69, 9.17) is 0 Å². The van der Waals surface area contributed by atoms with Crippen molar-refractivity contribution in [1.82, 2.24) is 20.1 Å². The Kier molecular flexibility index (Phi) is 9.49. The van der Waals surface area contributed by atoms with E-state index in [1.807, 2.05) is 0 Å². The molecule has 1 saturated heterocycles. The molecule has 6 heteroatoms. The van der Waals surface area contributed by atoms with Gasteiger partial charge in [-0.25, -0.2) is 0 Å². The fourth-order valence-electron chi connectivity index (χ4n) is 7.41. The molecule has 0 unspecified atom stereocenters. The third-order valence-corrected chi connectivity index (χ3v) is 9.96. The number of aromatic amines is 1. The Bertz CT molecular complexity index is 1300. The Labute approximate surface area is 245 Å². The number of benzene rings is 2. The molecule has 2 aromatic carbocycles. The standard InChI is InChI=1S/C32H41N3O.C3H7NO/c1-23(27-21-33-29-14-8-6-12-26(27)29)30(34-31(36)25-10-3-2-4-11-25)22-35-19-17-32(18-20-35)16-15-24-9-5-7-13-28(24)32;1-4(2)3-5/h5-9,12-14,21,23,25,30,33H,2-4,10-11,15-20,22H2,1H3,(H,34,36);3H,1-2H3/t23-,30+;/m1./s1. The lowest BCUT2D eigenvalue weighted by molar-refractivity contribution is -0.127. The van der Waals surface area contributed by atoms with Crippen molar-refractivity contribution in [3.8, 4) is 0 Å². The number of aryl methyl sites for hydroxylation is 1. The number of likely N-dealkylation sites (tertiary alicyclic amines) is 1. The Morgan fingerprint density at radius 3 is 2.46 bits per heavy atom.